The number of anilines is 1. The summed E-state index contributed by atoms with van der Waals surface area (Å²) >= 11 is 3.23. The van der Waals surface area contributed by atoms with Crippen LogP contribution in [0.1, 0.15) is 27.2 Å². The van der Waals surface area contributed by atoms with Crippen molar-refractivity contribution in [2.45, 2.75) is 39.8 Å². The van der Waals surface area contributed by atoms with Crippen LogP contribution in [0.3, 0.4) is 0 Å². The van der Waals surface area contributed by atoms with E-state index in [1.807, 2.05) is 13.8 Å². The lowest BCUT2D eigenvalue weighted by molar-refractivity contribution is -0.121. The SMILES string of the molecule is CCCNC(=O)C(C)Nc1cnn(CC)c(=O)c1Br. The predicted molar refractivity (Wildman–Crippen MR) is 78.3 cm³/mol. The van der Waals surface area contributed by atoms with E-state index in [0.717, 1.165) is 6.42 Å². The van der Waals surface area contributed by atoms with Crippen molar-refractivity contribution in [1.82, 2.24) is 15.1 Å². The molecule has 1 heterocycles. The number of amides is 1. The minimum absolute atomic E-state index is 0.103. The number of hydrogen-bond acceptors (Lipinski definition) is 4. The van der Waals surface area contributed by atoms with Gasteiger partial charge in [0.2, 0.25) is 5.91 Å². The molecule has 6 nitrogen and oxygen atoms in total. The summed E-state index contributed by atoms with van der Waals surface area (Å²) in [6.07, 6.45) is 2.43. The highest BCUT2D eigenvalue weighted by Gasteiger charge is 2.15. The Morgan fingerprint density at radius 2 is 2.21 bits per heavy atom. The average molecular weight is 331 g/mol. The number of carbonyl (C=O) groups is 1. The van der Waals surface area contributed by atoms with Gasteiger partial charge in [0.15, 0.2) is 0 Å². The zero-order valence-electron chi connectivity index (χ0n) is 11.4. The van der Waals surface area contributed by atoms with Crippen LogP contribution in [0, 0.1) is 0 Å². The van der Waals surface area contributed by atoms with Gasteiger partial charge in [-0.3, -0.25) is 9.59 Å². The van der Waals surface area contributed by atoms with Crippen molar-refractivity contribution in [3.05, 3.63) is 21.0 Å². The van der Waals surface area contributed by atoms with Gasteiger partial charge in [0.1, 0.15) is 10.5 Å². The van der Waals surface area contributed by atoms with Crippen LogP contribution in [0.25, 0.3) is 0 Å². The summed E-state index contributed by atoms with van der Waals surface area (Å²) in [6, 6.07) is -0.429. The third-order valence-corrected chi connectivity index (χ3v) is 3.37. The molecule has 2 N–H and O–H groups in total. The molecule has 1 aromatic rings. The molecule has 1 unspecified atom stereocenters. The lowest BCUT2D eigenvalue weighted by atomic mass is 10.3. The number of aromatic nitrogens is 2. The molecule has 19 heavy (non-hydrogen) atoms. The van der Waals surface area contributed by atoms with E-state index in [9.17, 15) is 9.59 Å². The monoisotopic (exact) mass is 330 g/mol. The van der Waals surface area contributed by atoms with Gasteiger partial charge >= 0.3 is 0 Å². The van der Waals surface area contributed by atoms with Gasteiger partial charge in [-0.25, -0.2) is 4.68 Å². The molecule has 0 bridgehead atoms. The van der Waals surface area contributed by atoms with Crippen LogP contribution in [0.5, 0.6) is 0 Å². The molecule has 0 saturated carbocycles. The molecule has 0 fully saturated rings. The number of hydrogen-bond donors (Lipinski definition) is 2. The molecule has 1 aromatic heterocycles. The fourth-order valence-electron chi connectivity index (χ4n) is 1.49. The van der Waals surface area contributed by atoms with Crippen molar-refractivity contribution in [3.8, 4) is 0 Å². The second-order valence-corrected chi connectivity index (χ2v) is 4.94. The maximum Gasteiger partial charge on any atom is 0.283 e. The first kappa shape index (κ1) is 15.7. The summed E-state index contributed by atoms with van der Waals surface area (Å²) < 4.78 is 1.73. The minimum atomic E-state index is -0.429. The number of halogens is 1. The van der Waals surface area contributed by atoms with E-state index >= 15 is 0 Å². The normalized spacial score (nSPS) is 12.0. The molecular formula is C12H19BrN4O2. The van der Waals surface area contributed by atoms with E-state index in [0.29, 0.717) is 23.2 Å². The van der Waals surface area contributed by atoms with Gasteiger partial charge in [-0.2, -0.15) is 5.10 Å². The van der Waals surface area contributed by atoms with Gasteiger partial charge in [-0.05, 0) is 36.2 Å². The van der Waals surface area contributed by atoms with Crippen LogP contribution in [-0.4, -0.2) is 28.3 Å². The van der Waals surface area contributed by atoms with Crippen molar-refractivity contribution in [3.63, 3.8) is 0 Å². The molecule has 106 valence electrons. The maximum absolute atomic E-state index is 11.9. The topological polar surface area (TPSA) is 76.0 Å². The smallest absolute Gasteiger partial charge is 0.283 e. The third kappa shape index (κ3) is 4.05. The largest absolute Gasteiger partial charge is 0.372 e. The fraction of sp³-hybridized carbons (Fsp3) is 0.583. The first-order valence-electron chi connectivity index (χ1n) is 6.31. The van der Waals surface area contributed by atoms with E-state index in [2.05, 4.69) is 31.7 Å². The Hall–Kier alpha value is -1.37. The predicted octanol–water partition coefficient (Wildman–Crippen LogP) is 1.35. The van der Waals surface area contributed by atoms with E-state index in [-0.39, 0.29) is 11.5 Å². The quantitative estimate of drug-likeness (QED) is 0.825. The molecular weight excluding hydrogens is 312 g/mol. The van der Waals surface area contributed by atoms with Gasteiger partial charge in [-0.15, -0.1) is 0 Å². The maximum atomic E-state index is 11.9. The molecule has 0 spiro atoms. The Kier molecular flexibility index (Phi) is 6.01. The molecule has 0 aliphatic carbocycles. The lowest BCUT2D eigenvalue weighted by Gasteiger charge is -2.16. The highest BCUT2D eigenvalue weighted by atomic mass is 79.9. The molecule has 0 aliphatic heterocycles. The third-order valence-electron chi connectivity index (χ3n) is 2.60. The Bertz CT molecular complexity index is 501. The summed E-state index contributed by atoms with van der Waals surface area (Å²) in [5, 5.41) is 9.78. The van der Waals surface area contributed by atoms with Gasteiger partial charge in [0, 0.05) is 13.1 Å². The second kappa shape index (κ2) is 7.28. The number of nitrogens with zero attached hydrogens (tertiary/aromatic N) is 2. The molecule has 0 radical (unpaired) electrons. The first-order chi connectivity index (χ1) is 9.01. The summed E-state index contributed by atoms with van der Waals surface area (Å²) in [6.45, 7) is 6.72. The number of aryl methyl sites for hydroxylation is 1. The van der Waals surface area contributed by atoms with Crippen LogP contribution < -0.4 is 16.2 Å². The van der Waals surface area contributed by atoms with Crippen LogP contribution >= 0.6 is 15.9 Å². The van der Waals surface area contributed by atoms with E-state index in [1.165, 1.54) is 4.68 Å². The summed E-state index contributed by atoms with van der Waals surface area (Å²) in [5.74, 6) is -0.103. The van der Waals surface area contributed by atoms with Crippen molar-refractivity contribution in [2.75, 3.05) is 11.9 Å². The summed E-state index contributed by atoms with van der Waals surface area (Å²) in [7, 11) is 0. The van der Waals surface area contributed by atoms with Crippen molar-refractivity contribution in [1.29, 1.82) is 0 Å². The Morgan fingerprint density at radius 3 is 2.79 bits per heavy atom. The number of carbonyl (C=O) groups excluding carboxylic acids is 1. The molecule has 0 aliphatic rings. The first-order valence-corrected chi connectivity index (χ1v) is 7.10. The van der Waals surface area contributed by atoms with Crippen LogP contribution in [-0.2, 0) is 11.3 Å². The molecule has 0 aromatic carbocycles. The minimum Gasteiger partial charge on any atom is -0.372 e. The number of nitrogens with one attached hydrogen (secondary N) is 2. The van der Waals surface area contributed by atoms with E-state index in [4.69, 9.17) is 0 Å². The number of rotatable bonds is 6. The molecule has 1 amide bonds. The van der Waals surface area contributed by atoms with Gasteiger partial charge in [0.25, 0.3) is 5.56 Å². The van der Waals surface area contributed by atoms with Crippen molar-refractivity contribution >= 4 is 27.5 Å². The lowest BCUT2D eigenvalue weighted by Crippen LogP contribution is -2.38. The molecule has 7 heteroatoms. The van der Waals surface area contributed by atoms with Crippen LogP contribution in [0.4, 0.5) is 5.69 Å². The van der Waals surface area contributed by atoms with Crippen molar-refractivity contribution in [2.24, 2.45) is 0 Å². The van der Waals surface area contributed by atoms with Gasteiger partial charge < -0.3 is 10.6 Å². The summed E-state index contributed by atoms with van der Waals surface area (Å²) in [4.78, 5) is 23.6. The Labute approximate surface area is 120 Å². The van der Waals surface area contributed by atoms with Crippen LogP contribution in [0.2, 0.25) is 0 Å². The Balaban J connectivity index is 2.80. The van der Waals surface area contributed by atoms with Gasteiger partial charge in [0.05, 0.1) is 11.9 Å². The van der Waals surface area contributed by atoms with E-state index < -0.39 is 6.04 Å². The molecule has 0 saturated heterocycles. The standard InChI is InChI=1S/C12H19BrN4O2/c1-4-6-14-11(18)8(3)16-9-7-15-17(5-2)12(19)10(9)13/h7-8,16H,4-6H2,1-3H3,(H,14,18). The van der Waals surface area contributed by atoms with E-state index in [1.54, 1.807) is 13.1 Å². The zero-order chi connectivity index (χ0) is 14.4. The highest BCUT2D eigenvalue weighted by Crippen LogP contribution is 2.17. The Morgan fingerprint density at radius 1 is 1.53 bits per heavy atom. The zero-order valence-corrected chi connectivity index (χ0v) is 13.0. The summed E-state index contributed by atoms with van der Waals surface area (Å²) in [5.41, 5.74) is 0.308. The van der Waals surface area contributed by atoms with Crippen molar-refractivity contribution < 1.29 is 4.79 Å². The molecule has 1 rings (SSSR count). The second-order valence-electron chi connectivity index (χ2n) is 4.15. The molecule has 1 atom stereocenters. The van der Waals surface area contributed by atoms with Gasteiger partial charge in [-0.1, -0.05) is 6.92 Å². The fourth-order valence-corrected chi connectivity index (χ4v) is 1.91. The average Bonchev–Trinajstić information content (AvgIpc) is 2.41. The van der Waals surface area contributed by atoms with Crippen LogP contribution in [0.15, 0.2) is 15.5 Å². The highest BCUT2D eigenvalue weighted by molar-refractivity contribution is 9.10.